The predicted octanol–water partition coefficient (Wildman–Crippen LogP) is 2.06. The van der Waals surface area contributed by atoms with Gasteiger partial charge in [-0.3, -0.25) is 14.5 Å². The summed E-state index contributed by atoms with van der Waals surface area (Å²) >= 11 is 0. The lowest BCUT2D eigenvalue weighted by Gasteiger charge is -2.29. The molecule has 2 rings (SSSR count). The fourth-order valence-corrected chi connectivity index (χ4v) is 2.57. The second-order valence-electron chi connectivity index (χ2n) is 5.35. The number of piperidine rings is 1. The standard InChI is InChI=1S/C16H21NO4/c1-12(18)14-4-2-3-5-15(14)21-11-10-17-8-6-13(7-9-17)16(19)20/h2-5,13H,6-11H2,1H3,(H,19,20). The van der Waals surface area contributed by atoms with Gasteiger partial charge in [0.15, 0.2) is 5.78 Å². The minimum absolute atomic E-state index is 0.00660. The van der Waals surface area contributed by atoms with Crippen LogP contribution in [0.25, 0.3) is 0 Å². The summed E-state index contributed by atoms with van der Waals surface area (Å²) in [5.41, 5.74) is 0.599. The van der Waals surface area contributed by atoms with Crippen LogP contribution < -0.4 is 4.74 Å². The molecule has 1 aliphatic rings. The third-order valence-electron chi connectivity index (χ3n) is 3.87. The molecule has 0 amide bonds. The smallest absolute Gasteiger partial charge is 0.306 e. The van der Waals surface area contributed by atoms with Crippen LogP contribution in [0.15, 0.2) is 24.3 Å². The fourth-order valence-electron chi connectivity index (χ4n) is 2.57. The number of likely N-dealkylation sites (tertiary alicyclic amines) is 1. The number of rotatable bonds is 6. The van der Waals surface area contributed by atoms with Gasteiger partial charge in [-0.05, 0) is 45.0 Å². The molecular formula is C16H21NO4. The molecular weight excluding hydrogens is 270 g/mol. The monoisotopic (exact) mass is 291 g/mol. The van der Waals surface area contributed by atoms with Crippen LogP contribution in [0, 0.1) is 5.92 Å². The van der Waals surface area contributed by atoms with Crippen molar-refractivity contribution in [3.8, 4) is 5.75 Å². The molecule has 1 saturated heterocycles. The maximum Gasteiger partial charge on any atom is 0.306 e. The quantitative estimate of drug-likeness (QED) is 0.813. The predicted molar refractivity (Wildman–Crippen MR) is 78.7 cm³/mol. The number of para-hydroxylation sites is 1. The lowest BCUT2D eigenvalue weighted by atomic mass is 9.97. The van der Waals surface area contributed by atoms with Crippen molar-refractivity contribution in [3.63, 3.8) is 0 Å². The van der Waals surface area contributed by atoms with E-state index in [0.717, 1.165) is 19.6 Å². The Bertz CT molecular complexity index is 507. The van der Waals surface area contributed by atoms with Crippen molar-refractivity contribution in [2.45, 2.75) is 19.8 Å². The van der Waals surface area contributed by atoms with Crippen LogP contribution in [-0.2, 0) is 4.79 Å². The van der Waals surface area contributed by atoms with Gasteiger partial charge in [0.25, 0.3) is 0 Å². The zero-order chi connectivity index (χ0) is 15.2. The largest absolute Gasteiger partial charge is 0.491 e. The molecule has 21 heavy (non-hydrogen) atoms. The summed E-state index contributed by atoms with van der Waals surface area (Å²) in [6.07, 6.45) is 1.39. The summed E-state index contributed by atoms with van der Waals surface area (Å²) in [6, 6.07) is 7.23. The summed E-state index contributed by atoms with van der Waals surface area (Å²) < 4.78 is 5.70. The van der Waals surface area contributed by atoms with Crippen molar-refractivity contribution in [1.29, 1.82) is 0 Å². The van der Waals surface area contributed by atoms with E-state index in [1.165, 1.54) is 6.92 Å². The van der Waals surface area contributed by atoms with Gasteiger partial charge in [0.05, 0.1) is 11.5 Å². The molecule has 0 aliphatic carbocycles. The van der Waals surface area contributed by atoms with Crippen molar-refractivity contribution in [1.82, 2.24) is 4.90 Å². The van der Waals surface area contributed by atoms with Gasteiger partial charge < -0.3 is 9.84 Å². The third kappa shape index (κ3) is 4.29. The third-order valence-corrected chi connectivity index (χ3v) is 3.87. The molecule has 0 radical (unpaired) electrons. The summed E-state index contributed by atoms with van der Waals surface area (Å²) in [6.45, 7) is 4.35. The van der Waals surface area contributed by atoms with Crippen LogP contribution in [-0.4, -0.2) is 48.0 Å². The lowest BCUT2D eigenvalue weighted by molar-refractivity contribution is -0.143. The van der Waals surface area contributed by atoms with Gasteiger partial charge in [-0.1, -0.05) is 12.1 Å². The number of Topliss-reactive ketones (excluding diaryl/α,β-unsaturated/α-hetero) is 1. The minimum Gasteiger partial charge on any atom is -0.491 e. The summed E-state index contributed by atoms with van der Waals surface area (Å²) in [7, 11) is 0. The van der Waals surface area contributed by atoms with Gasteiger partial charge in [0.2, 0.25) is 0 Å². The average Bonchev–Trinajstić information content (AvgIpc) is 2.48. The van der Waals surface area contributed by atoms with Crippen molar-refractivity contribution < 1.29 is 19.4 Å². The van der Waals surface area contributed by atoms with E-state index in [1.54, 1.807) is 12.1 Å². The summed E-state index contributed by atoms with van der Waals surface area (Å²) in [4.78, 5) is 24.6. The van der Waals surface area contributed by atoms with Crippen LogP contribution in [0.1, 0.15) is 30.1 Å². The van der Waals surface area contributed by atoms with Crippen LogP contribution in [0.2, 0.25) is 0 Å². The van der Waals surface area contributed by atoms with Crippen molar-refractivity contribution in [3.05, 3.63) is 29.8 Å². The number of hydrogen-bond donors (Lipinski definition) is 1. The molecule has 1 N–H and O–H groups in total. The first kappa shape index (κ1) is 15.5. The van der Waals surface area contributed by atoms with E-state index in [-0.39, 0.29) is 11.7 Å². The molecule has 0 saturated carbocycles. The van der Waals surface area contributed by atoms with Crippen LogP contribution in [0.3, 0.4) is 0 Å². The zero-order valence-corrected chi connectivity index (χ0v) is 12.2. The van der Waals surface area contributed by atoms with Crippen molar-refractivity contribution in [2.24, 2.45) is 5.92 Å². The minimum atomic E-state index is -0.693. The number of benzene rings is 1. The van der Waals surface area contributed by atoms with E-state index in [0.29, 0.717) is 30.8 Å². The van der Waals surface area contributed by atoms with Gasteiger partial charge in [0, 0.05) is 6.54 Å². The highest BCUT2D eigenvalue weighted by Crippen LogP contribution is 2.19. The molecule has 0 aromatic heterocycles. The van der Waals surface area contributed by atoms with Gasteiger partial charge >= 0.3 is 5.97 Å². The molecule has 0 unspecified atom stereocenters. The number of carboxylic acid groups (broad SMARTS) is 1. The Hall–Kier alpha value is -1.88. The van der Waals surface area contributed by atoms with Gasteiger partial charge in [-0.25, -0.2) is 0 Å². The lowest BCUT2D eigenvalue weighted by Crippen LogP contribution is -2.38. The fraction of sp³-hybridized carbons (Fsp3) is 0.500. The van der Waals surface area contributed by atoms with Crippen LogP contribution in [0.4, 0.5) is 0 Å². The number of ether oxygens (including phenoxy) is 1. The average molecular weight is 291 g/mol. The molecule has 1 fully saturated rings. The molecule has 1 aromatic carbocycles. The SMILES string of the molecule is CC(=O)c1ccccc1OCCN1CCC(C(=O)O)CC1. The Labute approximate surface area is 124 Å². The van der Waals surface area contributed by atoms with Crippen molar-refractivity contribution >= 4 is 11.8 Å². The molecule has 0 spiro atoms. The van der Waals surface area contributed by atoms with E-state index in [2.05, 4.69) is 4.90 Å². The van der Waals surface area contributed by atoms with Crippen molar-refractivity contribution in [2.75, 3.05) is 26.2 Å². The number of nitrogens with zero attached hydrogens (tertiary/aromatic N) is 1. The first-order valence-electron chi connectivity index (χ1n) is 7.26. The number of carbonyl (C=O) groups is 2. The maximum atomic E-state index is 11.5. The number of ketones is 1. The second kappa shape index (κ2) is 7.22. The molecule has 0 atom stereocenters. The molecule has 1 heterocycles. The highest BCUT2D eigenvalue weighted by Gasteiger charge is 2.24. The van der Waals surface area contributed by atoms with Gasteiger partial charge in [0.1, 0.15) is 12.4 Å². The van der Waals surface area contributed by atoms with Gasteiger partial charge in [-0.15, -0.1) is 0 Å². The molecule has 5 nitrogen and oxygen atoms in total. The summed E-state index contributed by atoms with van der Waals surface area (Å²) in [5, 5.41) is 8.96. The Morgan fingerprint density at radius 3 is 2.57 bits per heavy atom. The molecule has 1 aliphatic heterocycles. The molecule has 0 bridgehead atoms. The molecule has 1 aromatic rings. The normalized spacial score (nSPS) is 16.6. The summed E-state index contributed by atoms with van der Waals surface area (Å²) in [5.74, 6) is -0.291. The maximum absolute atomic E-state index is 11.5. The number of carboxylic acids is 1. The van der Waals surface area contributed by atoms with E-state index in [4.69, 9.17) is 9.84 Å². The number of aliphatic carboxylic acids is 1. The topological polar surface area (TPSA) is 66.8 Å². The molecule has 5 heteroatoms. The Balaban J connectivity index is 1.78. The van der Waals surface area contributed by atoms with E-state index >= 15 is 0 Å². The van der Waals surface area contributed by atoms with E-state index < -0.39 is 5.97 Å². The Kier molecular flexibility index (Phi) is 5.33. The van der Waals surface area contributed by atoms with E-state index in [1.807, 2.05) is 12.1 Å². The zero-order valence-electron chi connectivity index (χ0n) is 12.2. The highest BCUT2D eigenvalue weighted by atomic mass is 16.5. The Morgan fingerprint density at radius 1 is 1.29 bits per heavy atom. The van der Waals surface area contributed by atoms with Crippen LogP contribution >= 0.6 is 0 Å². The van der Waals surface area contributed by atoms with Gasteiger partial charge in [-0.2, -0.15) is 0 Å². The highest BCUT2D eigenvalue weighted by molar-refractivity contribution is 5.96. The molecule has 114 valence electrons. The van der Waals surface area contributed by atoms with Crippen LogP contribution in [0.5, 0.6) is 5.75 Å². The van der Waals surface area contributed by atoms with E-state index in [9.17, 15) is 9.59 Å². The number of hydrogen-bond acceptors (Lipinski definition) is 4. The second-order valence-corrected chi connectivity index (χ2v) is 5.35. The Morgan fingerprint density at radius 2 is 1.95 bits per heavy atom. The first-order valence-corrected chi connectivity index (χ1v) is 7.26. The first-order chi connectivity index (χ1) is 10.1. The number of carbonyl (C=O) groups excluding carboxylic acids is 1.